The second kappa shape index (κ2) is 5.79. The maximum atomic E-state index is 11.1. The molecule has 0 aromatic carbocycles. The van der Waals surface area contributed by atoms with Gasteiger partial charge in [0.1, 0.15) is 0 Å². The molecule has 0 radical (unpaired) electrons. The summed E-state index contributed by atoms with van der Waals surface area (Å²) >= 11 is 0. The summed E-state index contributed by atoms with van der Waals surface area (Å²) in [4.78, 5) is 0. The molecule has 7 atom stereocenters. The van der Waals surface area contributed by atoms with Gasteiger partial charge < -0.3 is 9.84 Å². The summed E-state index contributed by atoms with van der Waals surface area (Å²) in [7, 11) is 0. The van der Waals surface area contributed by atoms with Crippen molar-refractivity contribution >= 4 is 0 Å². The van der Waals surface area contributed by atoms with Crippen LogP contribution < -0.4 is 0 Å². The molecule has 2 heteroatoms. The SMILES string of the molecule is CC1=CCCC(C)(O)C2OC(C1)C1C(C)C=CC(C(C)C)C12. The Morgan fingerprint density at radius 3 is 2.68 bits per heavy atom. The summed E-state index contributed by atoms with van der Waals surface area (Å²) in [6, 6.07) is 0. The van der Waals surface area contributed by atoms with Crippen molar-refractivity contribution in [1.29, 1.82) is 0 Å². The molecule has 124 valence electrons. The maximum Gasteiger partial charge on any atom is 0.0900 e. The molecule has 0 amide bonds. The zero-order valence-corrected chi connectivity index (χ0v) is 14.8. The van der Waals surface area contributed by atoms with Crippen molar-refractivity contribution in [1.82, 2.24) is 0 Å². The summed E-state index contributed by atoms with van der Waals surface area (Å²) in [5.41, 5.74) is 0.696. The normalized spacial score (nSPS) is 48.4. The molecule has 0 saturated carbocycles. The molecule has 2 nitrogen and oxygen atoms in total. The van der Waals surface area contributed by atoms with Crippen LogP contribution in [0, 0.1) is 29.6 Å². The third-order valence-corrected chi connectivity index (χ3v) is 6.28. The van der Waals surface area contributed by atoms with Crippen molar-refractivity contribution in [3.8, 4) is 0 Å². The topological polar surface area (TPSA) is 29.5 Å². The quantitative estimate of drug-likeness (QED) is 0.730. The lowest BCUT2D eigenvalue weighted by Gasteiger charge is -2.42. The monoisotopic (exact) mass is 304 g/mol. The van der Waals surface area contributed by atoms with E-state index in [2.05, 4.69) is 45.9 Å². The van der Waals surface area contributed by atoms with Crippen LogP contribution in [0.3, 0.4) is 0 Å². The van der Waals surface area contributed by atoms with E-state index in [0.717, 1.165) is 19.3 Å². The van der Waals surface area contributed by atoms with Crippen LogP contribution in [-0.4, -0.2) is 22.9 Å². The lowest BCUT2D eigenvalue weighted by atomic mass is 9.62. The molecule has 0 spiro atoms. The fraction of sp³-hybridized carbons (Fsp3) is 0.800. The van der Waals surface area contributed by atoms with Crippen LogP contribution in [0.1, 0.15) is 53.9 Å². The van der Waals surface area contributed by atoms with E-state index < -0.39 is 5.60 Å². The Kier molecular flexibility index (Phi) is 4.28. The van der Waals surface area contributed by atoms with Crippen molar-refractivity contribution in [3.63, 3.8) is 0 Å². The average Bonchev–Trinajstić information content (AvgIpc) is 2.80. The third-order valence-electron chi connectivity index (χ3n) is 6.28. The minimum absolute atomic E-state index is 0.0263. The van der Waals surface area contributed by atoms with Gasteiger partial charge in [-0.15, -0.1) is 0 Å². The van der Waals surface area contributed by atoms with E-state index in [1.54, 1.807) is 0 Å². The first kappa shape index (κ1) is 16.3. The van der Waals surface area contributed by atoms with Crippen LogP contribution in [0.5, 0.6) is 0 Å². The fourth-order valence-electron chi connectivity index (χ4n) is 5.09. The van der Waals surface area contributed by atoms with Gasteiger partial charge in [-0.2, -0.15) is 0 Å². The standard InChI is InChI=1S/C20H32O2/c1-12(2)15-9-8-14(4)17-16-11-13(3)7-6-10-20(5,21)19(22-16)18(15)17/h7-9,12,14-19,21H,6,10-11H2,1-5H3. The van der Waals surface area contributed by atoms with Crippen LogP contribution in [0.25, 0.3) is 0 Å². The highest BCUT2D eigenvalue weighted by molar-refractivity contribution is 5.16. The number of ether oxygens (including phenoxy) is 1. The first-order valence-corrected chi connectivity index (χ1v) is 9.03. The molecule has 3 rings (SSSR count). The van der Waals surface area contributed by atoms with Gasteiger partial charge in [-0.25, -0.2) is 0 Å². The van der Waals surface area contributed by atoms with Gasteiger partial charge in [-0.1, -0.05) is 44.6 Å². The van der Waals surface area contributed by atoms with E-state index in [-0.39, 0.29) is 12.2 Å². The minimum atomic E-state index is -0.725. The second-order valence-corrected chi connectivity index (χ2v) is 8.47. The highest BCUT2D eigenvalue weighted by atomic mass is 16.5. The molecule has 1 fully saturated rings. The van der Waals surface area contributed by atoms with Crippen LogP contribution in [0.4, 0.5) is 0 Å². The van der Waals surface area contributed by atoms with Crippen molar-refractivity contribution in [2.75, 3.05) is 0 Å². The van der Waals surface area contributed by atoms with Crippen molar-refractivity contribution in [2.45, 2.75) is 71.7 Å². The summed E-state index contributed by atoms with van der Waals surface area (Å²) in [6.45, 7) is 11.1. The molecule has 22 heavy (non-hydrogen) atoms. The predicted octanol–water partition coefficient (Wildman–Crippen LogP) is 4.35. The van der Waals surface area contributed by atoms with E-state index >= 15 is 0 Å². The Bertz CT molecular complexity index is 474. The number of hydrogen-bond donors (Lipinski definition) is 1. The smallest absolute Gasteiger partial charge is 0.0900 e. The van der Waals surface area contributed by atoms with Crippen molar-refractivity contribution in [2.24, 2.45) is 29.6 Å². The molecule has 3 aliphatic rings. The summed E-state index contributed by atoms with van der Waals surface area (Å²) in [6.07, 6.45) is 10.1. The van der Waals surface area contributed by atoms with E-state index in [9.17, 15) is 5.11 Å². The molecule has 2 bridgehead atoms. The molecule has 0 aromatic heterocycles. The highest BCUT2D eigenvalue weighted by Crippen LogP contribution is 2.52. The zero-order chi connectivity index (χ0) is 16.1. The molecule has 7 unspecified atom stereocenters. The van der Waals surface area contributed by atoms with Crippen molar-refractivity contribution in [3.05, 3.63) is 23.8 Å². The van der Waals surface area contributed by atoms with E-state index in [4.69, 9.17) is 4.74 Å². The number of allylic oxidation sites excluding steroid dienone is 3. The molecule has 0 aromatic rings. The Labute approximate surface area is 135 Å². The summed E-state index contributed by atoms with van der Waals surface area (Å²) in [5.74, 6) is 2.64. The Hall–Kier alpha value is -0.600. The number of fused-ring (bicyclic) bond motifs is 5. The molecular weight excluding hydrogens is 272 g/mol. The number of hydrogen-bond acceptors (Lipinski definition) is 2. The van der Waals surface area contributed by atoms with Crippen LogP contribution in [0.2, 0.25) is 0 Å². The Morgan fingerprint density at radius 1 is 1.27 bits per heavy atom. The molecule has 2 aliphatic heterocycles. The van der Waals surface area contributed by atoms with Crippen LogP contribution in [0.15, 0.2) is 23.8 Å². The number of rotatable bonds is 1. The van der Waals surface area contributed by atoms with Gasteiger partial charge in [0.2, 0.25) is 0 Å². The maximum absolute atomic E-state index is 11.1. The van der Waals surface area contributed by atoms with Gasteiger partial charge in [0.15, 0.2) is 0 Å². The fourth-order valence-corrected chi connectivity index (χ4v) is 5.09. The average molecular weight is 304 g/mol. The van der Waals surface area contributed by atoms with Gasteiger partial charge in [0, 0.05) is 5.92 Å². The third kappa shape index (κ3) is 2.69. The first-order valence-electron chi connectivity index (χ1n) is 9.03. The van der Waals surface area contributed by atoms with Crippen molar-refractivity contribution < 1.29 is 9.84 Å². The largest absolute Gasteiger partial charge is 0.387 e. The molecule has 2 heterocycles. The van der Waals surface area contributed by atoms with Crippen LogP contribution in [-0.2, 0) is 4.74 Å². The van der Waals surface area contributed by atoms with Crippen LogP contribution >= 0.6 is 0 Å². The Balaban J connectivity index is 2.03. The van der Waals surface area contributed by atoms with E-state index in [1.807, 2.05) is 6.92 Å². The molecule has 1 saturated heterocycles. The molecule has 1 aliphatic carbocycles. The predicted molar refractivity (Wildman–Crippen MR) is 90.5 cm³/mol. The van der Waals surface area contributed by atoms with Gasteiger partial charge in [0.05, 0.1) is 17.8 Å². The molecular formula is C20H32O2. The molecule has 1 N–H and O–H groups in total. The second-order valence-electron chi connectivity index (χ2n) is 8.47. The summed E-state index contributed by atoms with van der Waals surface area (Å²) in [5, 5.41) is 11.1. The minimum Gasteiger partial charge on any atom is -0.387 e. The first-order chi connectivity index (χ1) is 10.3. The van der Waals surface area contributed by atoms with Gasteiger partial charge in [0.25, 0.3) is 0 Å². The van der Waals surface area contributed by atoms with E-state index in [0.29, 0.717) is 29.6 Å². The zero-order valence-electron chi connectivity index (χ0n) is 14.8. The van der Waals surface area contributed by atoms with Gasteiger partial charge in [-0.05, 0) is 56.8 Å². The Morgan fingerprint density at radius 2 is 2.00 bits per heavy atom. The summed E-state index contributed by atoms with van der Waals surface area (Å²) < 4.78 is 6.53. The lowest BCUT2D eigenvalue weighted by molar-refractivity contribution is -0.113. The lowest BCUT2D eigenvalue weighted by Crippen LogP contribution is -2.47. The number of aliphatic hydroxyl groups is 1. The van der Waals surface area contributed by atoms with E-state index in [1.165, 1.54) is 5.57 Å². The van der Waals surface area contributed by atoms with Gasteiger partial charge in [-0.3, -0.25) is 0 Å². The van der Waals surface area contributed by atoms with Gasteiger partial charge >= 0.3 is 0 Å². The highest BCUT2D eigenvalue weighted by Gasteiger charge is 2.56.